The van der Waals surface area contributed by atoms with Gasteiger partial charge < -0.3 is 20.7 Å². The highest BCUT2D eigenvalue weighted by molar-refractivity contribution is 6.22. The maximum Gasteiger partial charge on any atom is 0.411 e. The fourth-order valence-corrected chi connectivity index (χ4v) is 7.63. The van der Waals surface area contributed by atoms with Crippen molar-refractivity contribution >= 4 is 35.3 Å². The standard InChI is InChI=1S/C36H44ClF6N9O2.C3H8/c1-20(14-25(15-37)52-30(28(38)39)45-19-46-52)26(16-54-32(53)48-35(12-13-35)36(41,42)43)50-18-34(47-31(50)44,17-33(3,4)5)23-8-6-22(7-9-23)27-21(2)51(24-10-11-24)49-29(27)40;1-3-2/h6-9,14,19,21,24,26-28H,1,10-13,15-18H2,2-5H3,(H2,44,47)(H,48,53);3H2,1-2H3/b25-14+;/t21?,26?,27?,34-;/m0./s1. The maximum absolute atomic E-state index is 15.2. The fourth-order valence-electron chi connectivity index (χ4n) is 7.44. The monoisotopic (exact) mass is 827 g/mol. The lowest BCUT2D eigenvalue weighted by Crippen LogP contribution is -2.50. The summed E-state index contributed by atoms with van der Waals surface area (Å²) < 4.78 is 89.8. The summed E-state index contributed by atoms with van der Waals surface area (Å²) in [5.41, 5.74) is 4.71. The highest BCUT2D eigenvalue weighted by atomic mass is 35.5. The summed E-state index contributed by atoms with van der Waals surface area (Å²) in [6.07, 6.45) is -3.54. The third-order valence-corrected chi connectivity index (χ3v) is 10.6. The summed E-state index contributed by atoms with van der Waals surface area (Å²) >= 11 is 6.18. The van der Waals surface area contributed by atoms with Crippen molar-refractivity contribution in [3.63, 3.8) is 0 Å². The van der Waals surface area contributed by atoms with Crippen molar-refractivity contribution in [2.24, 2.45) is 21.2 Å². The largest absolute Gasteiger partial charge is 0.447 e. The number of nitrogens with one attached hydrogen (secondary N) is 1. The molecule has 3 heterocycles. The van der Waals surface area contributed by atoms with E-state index in [-0.39, 0.29) is 60.0 Å². The molecule has 6 rings (SSSR count). The molecule has 3 N–H and O–H groups in total. The molecule has 11 nitrogen and oxygen atoms in total. The molecule has 2 fully saturated rings. The summed E-state index contributed by atoms with van der Waals surface area (Å²) in [4.78, 5) is 23.0. The van der Waals surface area contributed by atoms with E-state index in [1.165, 1.54) is 12.5 Å². The number of alkyl halides is 6. The SMILES string of the molecule is C=C(/C=C(\CCl)n1ncnc1C(F)F)C(COC(=O)NC1(C(F)(F)F)CC1)N1C[C@@](CC(C)(C)C)(c2ccc(C3C(F)=NN(C4CC4)C3C)cc2)N=C1N.CCC. The number of amides is 1. The number of guanidine groups is 1. The number of rotatable bonds is 13. The number of aromatic nitrogens is 3. The molecule has 3 unspecified atom stereocenters. The van der Waals surface area contributed by atoms with Gasteiger partial charge in [-0.1, -0.05) is 71.9 Å². The Balaban J connectivity index is 0.00000200. The van der Waals surface area contributed by atoms with E-state index in [4.69, 9.17) is 27.1 Å². The summed E-state index contributed by atoms with van der Waals surface area (Å²) in [5.74, 6) is -1.93. The van der Waals surface area contributed by atoms with Gasteiger partial charge in [-0.3, -0.25) is 5.01 Å². The van der Waals surface area contributed by atoms with E-state index in [0.717, 1.165) is 35.0 Å². The Kier molecular flexibility index (Phi) is 13.0. The Hall–Kier alpha value is -4.28. The van der Waals surface area contributed by atoms with E-state index < -0.39 is 60.1 Å². The predicted octanol–water partition coefficient (Wildman–Crippen LogP) is 8.65. The van der Waals surface area contributed by atoms with Crippen LogP contribution >= 0.6 is 11.6 Å². The van der Waals surface area contributed by atoms with Crippen molar-refractivity contribution in [2.75, 3.05) is 19.0 Å². The van der Waals surface area contributed by atoms with Gasteiger partial charge in [-0.25, -0.2) is 28.2 Å². The quantitative estimate of drug-likeness (QED) is 0.118. The van der Waals surface area contributed by atoms with Gasteiger partial charge in [0.05, 0.1) is 36.1 Å². The molecule has 0 saturated heterocycles. The van der Waals surface area contributed by atoms with Gasteiger partial charge in [-0.2, -0.15) is 22.7 Å². The third kappa shape index (κ3) is 9.71. The number of nitrogens with two attached hydrogens (primary N) is 1. The Morgan fingerprint density at radius 2 is 1.79 bits per heavy atom. The average Bonchev–Trinajstić information content (AvgIpc) is 4.01. The lowest BCUT2D eigenvalue weighted by atomic mass is 9.75. The first-order valence-electron chi connectivity index (χ1n) is 19.1. The number of allylic oxidation sites excluding steroid dienone is 1. The molecule has 57 heavy (non-hydrogen) atoms. The van der Waals surface area contributed by atoms with E-state index in [2.05, 4.69) is 35.6 Å². The van der Waals surface area contributed by atoms with Crippen LogP contribution in [0.4, 0.5) is 31.1 Å². The van der Waals surface area contributed by atoms with Crippen molar-refractivity contribution < 1.29 is 35.9 Å². The third-order valence-electron chi connectivity index (χ3n) is 10.3. The molecule has 4 atom stereocenters. The van der Waals surface area contributed by atoms with E-state index in [9.17, 15) is 26.7 Å². The molecule has 1 amide bonds. The zero-order chi connectivity index (χ0) is 42.1. The van der Waals surface area contributed by atoms with Gasteiger partial charge in [-0.15, -0.1) is 16.7 Å². The number of carbonyl (C=O) groups excluding carboxylic acids is 1. The predicted molar refractivity (Wildman–Crippen MR) is 207 cm³/mol. The highest BCUT2D eigenvalue weighted by Gasteiger charge is 2.64. The summed E-state index contributed by atoms with van der Waals surface area (Å²) in [7, 11) is 0. The number of carbonyl (C=O) groups is 1. The second-order valence-corrected chi connectivity index (χ2v) is 16.7. The normalized spacial score (nSPS) is 23.8. The van der Waals surface area contributed by atoms with E-state index in [0.29, 0.717) is 6.42 Å². The van der Waals surface area contributed by atoms with Crippen LogP contribution in [0.1, 0.15) is 109 Å². The first kappa shape index (κ1) is 43.8. The molecule has 2 aliphatic carbocycles. The van der Waals surface area contributed by atoms with Crippen LogP contribution in [0.5, 0.6) is 0 Å². The molecular formula is C39H52ClF6N9O2. The number of benzene rings is 1. The van der Waals surface area contributed by atoms with Gasteiger partial charge in [0, 0.05) is 6.04 Å². The smallest absolute Gasteiger partial charge is 0.411 e. The molecule has 0 bridgehead atoms. The fraction of sp³-hybridized carbons (Fsp3) is 0.615. The van der Waals surface area contributed by atoms with Gasteiger partial charge in [-0.05, 0) is 67.2 Å². The summed E-state index contributed by atoms with van der Waals surface area (Å²) in [6.45, 7) is 16.0. The minimum atomic E-state index is -4.67. The lowest BCUT2D eigenvalue weighted by molar-refractivity contribution is -0.164. The van der Waals surface area contributed by atoms with Gasteiger partial charge in [0.15, 0.2) is 11.8 Å². The molecule has 0 spiro atoms. The molecule has 1 aromatic carbocycles. The number of halogens is 7. The molecule has 4 aliphatic rings. The Labute approximate surface area is 334 Å². The number of nitrogens with zero attached hydrogens (tertiary/aromatic N) is 7. The number of hydrogen-bond donors (Lipinski definition) is 2. The number of ether oxygens (including phenoxy) is 1. The van der Waals surface area contributed by atoms with Crippen LogP contribution < -0.4 is 11.1 Å². The molecule has 1 aromatic heterocycles. The molecule has 2 saturated carbocycles. The van der Waals surface area contributed by atoms with Gasteiger partial charge >= 0.3 is 12.3 Å². The molecule has 0 radical (unpaired) electrons. The van der Waals surface area contributed by atoms with Crippen molar-refractivity contribution in [3.05, 3.63) is 65.8 Å². The van der Waals surface area contributed by atoms with Gasteiger partial charge in [0.25, 0.3) is 6.43 Å². The Morgan fingerprint density at radius 3 is 2.32 bits per heavy atom. The zero-order valence-electron chi connectivity index (χ0n) is 33.1. The highest BCUT2D eigenvalue weighted by Crippen LogP contribution is 2.49. The van der Waals surface area contributed by atoms with Crippen LogP contribution in [0.2, 0.25) is 0 Å². The molecule has 2 aromatic rings. The minimum absolute atomic E-state index is 0.0185. The number of alkyl carbamates (subject to hydrolysis) is 1. The second-order valence-electron chi connectivity index (χ2n) is 16.4. The van der Waals surface area contributed by atoms with Crippen molar-refractivity contribution in [2.45, 2.75) is 128 Å². The maximum atomic E-state index is 15.2. The number of hydrogen-bond acceptors (Lipinski definition) is 9. The topological polar surface area (TPSA) is 126 Å². The average molecular weight is 828 g/mol. The van der Waals surface area contributed by atoms with Crippen LogP contribution in [0, 0.1) is 5.41 Å². The van der Waals surface area contributed by atoms with Gasteiger partial charge in [0.1, 0.15) is 24.0 Å². The zero-order valence-corrected chi connectivity index (χ0v) is 33.8. The molecule has 314 valence electrons. The van der Waals surface area contributed by atoms with Crippen LogP contribution in [-0.2, 0) is 10.3 Å². The van der Waals surface area contributed by atoms with Crippen LogP contribution in [-0.4, -0.2) is 91.6 Å². The van der Waals surface area contributed by atoms with Crippen molar-refractivity contribution in [1.82, 2.24) is 30.0 Å². The number of hydrazone groups is 1. The van der Waals surface area contributed by atoms with Crippen molar-refractivity contribution in [3.8, 4) is 0 Å². The minimum Gasteiger partial charge on any atom is -0.447 e. The Bertz CT molecular complexity index is 1850. The van der Waals surface area contributed by atoms with E-state index in [1.807, 2.05) is 62.3 Å². The molecule has 2 aliphatic heterocycles. The summed E-state index contributed by atoms with van der Waals surface area (Å²) in [6, 6.07) is 6.52. The van der Waals surface area contributed by atoms with Crippen LogP contribution in [0.3, 0.4) is 0 Å². The molecule has 18 heteroatoms. The molecular weight excluding hydrogens is 776 g/mol. The first-order chi connectivity index (χ1) is 26.7. The van der Waals surface area contributed by atoms with Crippen LogP contribution in [0.15, 0.2) is 58.9 Å². The van der Waals surface area contributed by atoms with E-state index in [1.54, 1.807) is 4.90 Å². The Morgan fingerprint density at radius 1 is 1.16 bits per heavy atom. The van der Waals surface area contributed by atoms with Gasteiger partial charge in [0.2, 0.25) is 5.97 Å². The lowest BCUT2D eigenvalue weighted by Gasteiger charge is -2.37. The number of aliphatic imine (C=N–C) groups is 1. The van der Waals surface area contributed by atoms with Crippen LogP contribution in [0.25, 0.3) is 5.70 Å². The summed E-state index contributed by atoms with van der Waals surface area (Å²) in [5, 5.41) is 11.9. The first-order valence-corrected chi connectivity index (χ1v) is 19.6. The van der Waals surface area contributed by atoms with Crippen molar-refractivity contribution in [1.29, 1.82) is 0 Å². The second kappa shape index (κ2) is 16.9. The van der Waals surface area contributed by atoms with E-state index >= 15 is 4.39 Å².